The summed E-state index contributed by atoms with van der Waals surface area (Å²) in [6.45, 7) is 0. The molecule has 0 fully saturated rings. The van der Waals surface area contributed by atoms with Crippen LogP contribution in [0.25, 0.3) is 0 Å². The first-order valence-corrected chi connectivity index (χ1v) is 0.612. The zero-order valence-electron chi connectivity index (χ0n) is 1.89. The van der Waals surface area contributed by atoms with Gasteiger partial charge >= 0.3 is 40.4 Å². The van der Waals surface area contributed by atoms with E-state index in [4.69, 9.17) is 4.46 Å². The van der Waals surface area contributed by atoms with Gasteiger partial charge < -0.3 is 5.48 Å². The molecule has 0 aliphatic carbocycles. The molecule has 0 bridgehead atoms. The maximum absolute atomic E-state index is 8.06. The van der Waals surface area contributed by atoms with Gasteiger partial charge in [0.2, 0.25) is 0 Å². The molecule has 0 aliphatic heterocycles. The van der Waals surface area contributed by atoms with Crippen molar-refractivity contribution >= 4 is 10.1 Å². The van der Waals surface area contributed by atoms with Gasteiger partial charge in [-0.05, 0) is 0 Å². The van der Waals surface area contributed by atoms with Crippen LogP contribution in [0.15, 0.2) is 0 Å². The molecule has 0 N–H and O–H groups in total. The minimum Gasteiger partial charge on any atom is -2.00 e. The van der Waals surface area contributed by atoms with Gasteiger partial charge in [-0.1, -0.05) is 0 Å². The van der Waals surface area contributed by atoms with Crippen molar-refractivity contribution in [1.29, 1.82) is 0 Å². The Labute approximate surface area is 46.2 Å². The zero-order chi connectivity index (χ0) is 2.00. The fourth-order valence-electron chi connectivity index (χ4n) is 0. The summed E-state index contributed by atoms with van der Waals surface area (Å²) in [6, 6.07) is 0. The molecule has 0 saturated heterocycles. The van der Waals surface area contributed by atoms with E-state index in [0.29, 0.717) is 0 Å². The van der Waals surface area contributed by atoms with Crippen LogP contribution < -0.4 is 0 Å². The van der Waals surface area contributed by atoms with Gasteiger partial charge in [-0.2, -0.15) is 0 Å². The van der Waals surface area contributed by atoms with Crippen LogP contribution in [-0.2, 0) is 35.8 Å². The van der Waals surface area contributed by atoms with Crippen molar-refractivity contribution in [3.8, 4) is 0 Å². The van der Waals surface area contributed by atoms with Crippen molar-refractivity contribution in [1.82, 2.24) is 0 Å². The van der Waals surface area contributed by atoms with Crippen LogP contribution in [0.5, 0.6) is 0 Å². The Kier molecular flexibility index (Phi) is 228. The van der Waals surface area contributed by atoms with Crippen LogP contribution in [0, 0.1) is 0 Å². The molecule has 0 aromatic rings. The summed E-state index contributed by atoms with van der Waals surface area (Å²) < 4.78 is 8.06. The molecule has 0 spiro atoms. The van der Waals surface area contributed by atoms with Crippen molar-refractivity contribution in [2.45, 2.75) is 0 Å². The van der Waals surface area contributed by atoms with E-state index in [9.17, 15) is 0 Å². The average molecular weight is 105 g/mol. The minimum atomic E-state index is 0. The van der Waals surface area contributed by atoms with E-state index in [1.165, 1.54) is 0 Å². The second kappa shape index (κ2) is 43.5. The predicted molar refractivity (Wildman–Crippen MR) is 7.13 cm³/mol. The maximum Gasteiger partial charge on any atom is 3.00 e. The second-order valence-electron chi connectivity index (χ2n) is 0. The summed E-state index contributed by atoms with van der Waals surface area (Å²) in [7, 11) is 1.72. The van der Waals surface area contributed by atoms with Crippen LogP contribution in [0.1, 0.15) is 0 Å². The molecule has 0 radical (unpaired) electrons. The Hall–Kier alpha value is 0.847. The van der Waals surface area contributed by atoms with Crippen LogP contribution >= 0.6 is 0 Å². The summed E-state index contributed by atoms with van der Waals surface area (Å²) >= 11 is 0. The Balaban J connectivity index is -0.00000000500. The van der Waals surface area contributed by atoms with Gasteiger partial charge in [0.1, 0.15) is 0 Å². The largest absolute Gasteiger partial charge is 3.00 e. The topological polar surface area (TPSA) is 45.6 Å². The molecule has 0 amide bonds. The molecule has 0 rings (SSSR count). The molecule has 0 heterocycles. The van der Waals surface area contributed by atoms with E-state index in [1.807, 2.05) is 0 Å². The predicted octanol–water partition coefficient (Wildman–Crippen LogP) is -0.621. The molecule has 0 atom stereocenters. The molecule has 0 saturated carbocycles. The summed E-state index contributed by atoms with van der Waals surface area (Å²) in [5.41, 5.74) is 0. The maximum atomic E-state index is 8.06. The Bertz CT molecular complexity index is 6.00. The van der Waals surface area contributed by atoms with Gasteiger partial charge in [-0.15, -0.1) is 0 Å². The molecule has 0 aromatic heterocycles. The van der Waals surface area contributed by atoms with Crippen molar-refractivity contribution in [3.63, 3.8) is 0 Å². The van der Waals surface area contributed by atoms with Crippen molar-refractivity contribution in [2.75, 3.05) is 0 Å². The van der Waals surface area contributed by atoms with E-state index >= 15 is 0 Å². The van der Waals surface area contributed by atoms with E-state index in [2.05, 4.69) is 0 Å². The summed E-state index contributed by atoms with van der Waals surface area (Å²) in [5, 5.41) is 0. The van der Waals surface area contributed by atoms with Crippen molar-refractivity contribution in [2.24, 2.45) is 0 Å². The summed E-state index contributed by atoms with van der Waals surface area (Å²) in [5.74, 6) is 0. The third kappa shape index (κ3) is 13.5. The van der Waals surface area contributed by atoms with Crippen LogP contribution in [0.2, 0.25) is 0 Å². The molecular formula is O2ScSi+3. The quantitative estimate of drug-likeness (QED) is 0.378. The van der Waals surface area contributed by atoms with Gasteiger partial charge in [-0.3, -0.25) is 0 Å². The Morgan fingerprint density at radius 1 is 1.25 bits per heavy atom. The molecule has 2 nitrogen and oxygen atoms in total. The molecule has 0 aliphatic rings. The summed E-state index contributed by atoms with van der Waals surface area (Å²) in [6.07, 6.45) is 0. The van der Waals surface area contributed by atoms with E-state index in [1.54, 1.807) is 10.1 Å². The fraction of sp³-hybridized carbons (Fsp3) is 0. The van der Waals surface area contributed by atoms with E-state index in [0.717, 1.165) is 0 Å². The molecule has 0 unspecified atom stereocenters. The molecular weight excluding hydrogens is 105 g/mol. The molecule has 4 heteroatoms. The van der Waals surface area contributed by atoms with E-state index in [-0.39, 0.29) is 31.3 Å². The number of hydrogen-bond acceptors (Lipinski definition) is 1. The SMILES string of the molecule is O=[Si+2].[O-2].[Sc+3]. The molecule has 4 heavy (non-hydrogen) atoms. The van der Waals surface area contributed by atoms with Gasteiger partial charge in [0, 0.05) is 0 Å². The smallest absolute Gasteiger partial charge is 2.00 e. The van der Waals surface area contributed by atoms with Crippen molar-refractivity contribution < 1.29 is 35.8 Å². The third-order valence-corrected chi connectivity index (χ3v) is 0. The standard InChI is InChI=1S/OSi.O.Sc/c1-2;;/q+2;-2;+3. The average Bonchev–Trinajstić information content (AvgIpc) is 1.00. The first-order valence-electron chi connectivity index (χ1n) is 0.204. The number of hydrogen-bond donors (Lipinski definition) is 0. The zero-order valence-corrected chi connectivity index (χ0v) is 4.70. The van der Waals surface area contributed by atoms with Gasteiger partial charge in [0.15, 0.2) is 0 Å². The van der Waals surface area contributed by atoms with Gasteiger partial charge in [0.25, 0.3) is 0 Å². The normalized spacial score (nSPS) is 1.50. The second-order valence-corrected chi connectivity index (χ2v) is 0. The Morgan fingerprint density at radius 3 is 1.25 bits per heavy atom. The van der Waals surface area contributed by atoms with Crippen molar-refractivity contribution in [3.05, 3.63) is 0 Å². The molecule has 0 aromatic carbocycles. The summed E-state index contributed by atoms with van der Waals surface area (Å²) in [4.78, 5) is 0. The van der Waals surface area contributed by atoms with Crippen LogP contribution in [0.3, 0.4) is 0 Å². The molecule has 16 valence electrons. The van der Waals surface area contributed by atoms with E-state index < -0.39 is 0 Å². The Morgan fingerprint density at radius 2 is 1.25 bits per heavy atom. The first kappa shape index (κ1) is 21.0. The monoisotopic (exact) mass is 105 g/mol. The van der Waals surface area contributed by atoms with Gasteiger partial charge in [-0.25, -0.2) is 0 Å². The van der Waals surface area contributed by atoms with Gasteiger partial charge in [0.05, 0.1) is 0 Å². The van der Waals surface area contributed by atoms with Crippen LogP contribution in [0.4, 0.5) is 0 Å². The number of rotatable bonds is 0. The van der Waals surface area contributed by atoms with Crippen LogP contribution in [-0.4, -0.2) is 10.1 Å². The third-order valence-electron chi connectivity index (χ3n) is 0. The minimum absolute atomic E-state index is 0. The first-order chi connectivity index (χ1) is 1.00. The fourth-order valence-corrected chi connectivity index (χ4v) is 0.